The maximum Gasteiger partial charge on any atom is 0.237 e. The van der Waals surface area contributed by atoms with Gasteiger partial charge in [-0.15, -0.1) is 0 Å². The van der Waals surface area contributed by atoms with Crippen molar-refractivity contribution in [2.75, 3.05) is 7.05 Å². The fourth-order valence-corrected chi connectivity index (χ4v) is 3.01. The van der Waals surface area contributed by atoms with Gasteiger partial charge in [0.2, 0.25) is 5.91 Å². The van der Waals surface area contributed by atoms with Crippen LogP contribution in [-0.2, 0) is 11.3 Å². The Morgan fingerprint density at radius 1 is 1.46 bits per heavy atom. The molecule has 1 fully saturated rings. The number of amides is 1. The van der Waals surface area contributed by atoms with Gasteiger partial charge in [-0.2, -0.15) is 0 Å². The van der Waals surface area contributed by atoms with E-state index in [0.717, 1.165) is 29.9 Å². The lowest BCUT2D eigenvalue weighted by Crippen LogP contribution is -2.46. The molecule has 0 aromatic carbocycles. The number of rotatable bonds is 6. The van der Waals surface area contributed by atoms with E-state index in [1.165, 1.54) is 12.8 Å². The maximum absolute atomic E-state index is 12.4. The molecule has 0 bridgehead atoms. The van der Waals surface area contributed by atoms with E-state index in [9.17, 15) is 4.79 Å². The molecule has 1 N–H and O–H groups in total. The van der Waals surface area contributed by atoms with Gasteiger partial charge < -0.3 is 9.84 Å². The molecule has 128 valence electrons. The number of aromatic nitrogens is 2. The van der Waals surface area contributed by atoms with E-state index in [4.69, 9.17) is 4.52 Å². The van der Waals surface area contributed by atoms with Gasteiger partial charge in [-0.3, -0.25) is 14.7 Å². The molecule has 0 unspecified atom stereocenters. The van der Waals surface area contributed by atoms with Crippen LogP contribution >= 0.6 is 0 Å². The number of nitrogens with zero attached hydrogens (tertiary/aromatic N) is 3. The molecule has 6 nitrogen and oxygen atoms in total. The van der Waals surface area contributed by atoms with Crippen LogP contribution in [0.25, 0.3) is 11.3 Å². The van der Waals surface area contributed by atoms with E-state index < -0.39 is 0 Å². The summed E-state index contributed by atoms with van der Waals surface area (Å²) in [6, 6.07) is 5.84. The second kappa shape index (κ2) is 7.57. The zero-order valence-electron chi connectivity index (χ0n) is 14.2. The van der Waals surface area contributed by atoms with E-state index in [1.807, 2.05) is 37.1 Å². The first kappa shape index (κ1) is 16.6. The third-order valence-corrected chi connectivity index (χ3v) is 4.66. The van der Waals surface area contributed by atoms with Crippen LogP contribution in [0.3, 0.4) is 0 Å². The summed E-state index contributed by atoms with van der Waals surface area (Å²) in [6.07, 6.45) is 8.10. The molecule has 6 heteroatoms. The Kier molecular flexibility index (Phi) is 5.25. The minimum atomic E-state index is -0.211. The summed E-state index contributed by atoms with van der Waals surface area (Å²) >= 11 is 0. The van der Waals surface area contributed by atoms with E-state index in [-0.39, 0.29) is 11.9 Å². The van der Waals surface area contributed by atoms with Crippen LogP contribution in [0.15, 0.2) is 35.1 Å². The van der Waals surface area contributed by atoms with E-state index in [0.29, 0.717) is 12.6 Å². The third-order valence-electron chi connectivity index (χ3n) is 4.66. The summed E-state index contributed by atoms with van der Waals surface area (Å²) in [5, 5.41) is 7.23. The van der Waals surface area contributed by atoms with Gasteiger partial charge in [-0.05, 0) is 38.9 Å². The smallest absolute Gasteiger partial charge is 0.237 e. The highest BCUT2D eigenvalue weighted by atomic mass is 16.5. The molecule has 24 heavy (non-hydrogen) atoms. The minimum Gasteiger partial charge on any atom is -0.359 e. The summed E-state index contributed by atoms with van der Waals surface area (Å²) in [6.45, 7) is 2.45. The summed E-state index contributed by atoms with van der Waals surface area (Å²) in [4.78, 5) is 18.4. The molecule has 0 radical (unpaired) electrons. The van der Waals surface area contributed by atoms with Crippen molar-refractivity contribution in [3.8, 4) is 11.3 Å². The van der Waals surface area contributed by atoms with Crippen LogP contribution in [0.1, 0.15) is 38.4 Å². The standard InChI is InChI=1S/C18H24N4O2/c1-13(18(23)20-15-7-3-4-8-15)22(2)12-16-10-17(21-24-16)14-6-5-9-19-11-14/h5-6,9-11,13,15H,3-4,7-8,12H2,1-2H3,(H,20,23)/t13-/m0/s1. The first-order chi connectivity index (χ1) is 11.6. The number of hydrogen-bond acceptors (Lipinski definition) is 5. The Morgan fingerprint density at radius 3 is 2.96 bits per heavy atom. The molecule has 2 aromatic heterocycles. The average molecular weight is 328 g/mol. The zero-order chi connectivity index (χ0) is 16.9. The van der Waals surface area contributed by atoms with Gasteiger partial charge >= 0.3 is 0 Å². The monoisotopic (exact) mass is 328 g/mol. The first-order valence-corrected chi connectivity index (χ1v) is 8.50. The van der Waals surface area contributed by atoms with Crippen LogP contribution in [0.5, 0.6) is 0 Å². The number of carbonyl (C=O) groups excluding carboxylic acids is 1. The first-order valence-electron chi connectivity index (χ1n) is 8.50. The molecule has 1 amide bonds. The lowest BCUT2D eigenvalue weighted by molar-refractivity contribution is -0.126. The number of likely N-dealkylation sites (N-methyl/N-ethyl adjacent to an activating group) is 1. The molecule has 1 aliphatic rings. The summed E-state index contributed by atoms with van der Waals surface area (Å²) in [5.41, 5.74) is 1.68. The molecular weight excluding hydrogens is 304 g/mol. The van der Waals surface area contributed by atoms with E-state index in [1.54, 1.807) is 12.4 Å². The Morgan fingerprint density at radius 2 is 2.25 bits per heavy atom. The Bertz CT molecular complexity index is 665. The molecule has 0 aliphatic heterocycles. The Balaban J connectivity index is 1.57. The molecular formula is C18H24N4O2. The Hall–Kier alpha value is -2.21. The lowest BCUT2D eigenvalue weighted by atomic mass is 10.2. The van der Waals surface area contributed by atoms with Gasteiger partial charge in [0, 0.05) is 30.1 Å². The Labute approximate surface area is 142 Å². The van der Waals surface area contributed by atoms with Crippen LogP contribution in [-0.4, -0.2) is 40.1 Å². The normalized spacial score (nSPS) is 16.5. The molecule has 2 heterocycles. The van der Waals surface area contributed by atoms with Gasteiger partial charge in [0.05, 0.1) is 12.6 Å². The lowest BCUT2D eigenvalue weighted by Gasteiger charge is -2.24. The van der Waals surface area contributed by atoms with Gasteiger partial charge in [0.25, 0.3) is 0 Å². The van der Waals surface area contributed by atoms with Crippen molar-refractivity contribution >= 4 is 5.91 Å². The van der Waals surface area contributed by atoms with Crippen molar-refractivity contribution in [3.63, 3.8) is 0 Å². The second-order valence-electron chi connectivity index (χ2n) is 6.50. The number of carbonyl (C=O) groups is 1. The van der Waals surface area contributed by atoms with Crippen molar-refractivity contribution in [2.45, 2.75) is 51.2 Å². The average Bonchev–Trinajstić information content (AvgIpc) is 3.27. The molecule has 0 spiro atoms. The molecule has 2 aromatic rings. The quantitative estimate of drug-likeness (QED) is 0.882. The summed E-state index contributed by atoms with van der Waals surface area (Å²) < 4.78 is 5.40. The SMILES string of the molecule is C[C@@H](C(=O)NC1CCCC1)N(C)Cc1cc(-c2cccnc2)no1. The van der Waals surface area contributed by atoms with Crippen molar-refractivity contribution in [1.82, 2.24) is 20.4 Å². The van der Waals surface area contributed by atoms with Crippen LogP contribution in [0, 0.1) is 0 Å². The molecule has 1 saturated carbocycles. The third kappa shape index (κ3) is 4.00. The number of hydrogen-bond donors (Lipinski definition) is 1. The van der Waals surface area contributed by atoms with Gasteiger partial charge in [-0.1, -0.05) is 18.0 Å². The predicted octanol–water partition coefficient (Wildman–Crippen LogP) is 2.62. The van der Waals surface area contributed by atoms with Crippen molar-refractivity contribution in [1.29, 1.82) is 0 Å². The fraction of sp³-hybridized carbons (Fsp3) is 0.500. The maximum atomic E-state index is 12.4. The van der Waals surface area contributed by atoms with Crippen molar-refractivity contribution in [2.24, 2.45) is 0 Å². The predicted molar refractivity (Wildman–Crippen MR) is 91.1 cm³/mol. The second-order valence-corrected chi connectivity index (χ2v) is 6.50. The van der Waals surface area contributed by atoms with Crippen LogP contribution in [0.2, 0.25) is 0 Å². The molecule has 1 aliphatic carbocycles. The number of pyridine rings is 1. The van der Waals surface area contributed by atoms with Crippen LogP contribution < -0.4 is 5.32 Å². The summed E-state index contributed by atoms with van der Waals surface area (Å²) in [7, 11) is 1.92. The topological polar surface area (TPSA) is 71.3 Å². The molecule has 3 rings (SSSR count). The van der Waals surface area contributed by atoms with Gasteiger partial charge in [0.1, 0.15) is 5.69 Å². The van der Waals surface area contributed by atoms with E-state index >= 15 is 0 Å². The minimum absolute atomic E-state index is 0.0800. The van der Waals surface area contributed by atoms with Gasteiger partial charge in [-0.25, -0.2) is 0 Å². The van der Waals surface area contributed by atoms with Crippen molar-refractivity contribution < 1.29 is 9.32 Å². The molecule has 1 atom stereocenters. The zero-order valence-corrected chi connectivity index (χ0v) is 14.2. The number of nitrogens with one attached hydrogen (secondary N) is 1. The van der Waals surface area contributed by atoms with E-state index in [2.05, 4.69) is 15.5 Å². The largest absolute Gasteiger partial charge is 0.359 e. The highest BCUT2D eigenvalue weighted by Crippen LogP contribution is 2.20. The van der Waals surface area contributed by atoms with Crippen LogP contribution in [0.4, 0.5) is 0 Å². The highest BCUT2D eigenvalue weighted by Gasteiger charge is 2.23. The van der Waals surface area contributed by atoms with Crippen molar-refractivity contribution in [3.05, 3.63) is 36.4 Å². The summed E-state index contributed by atoms with van der Waals surface area (Å²) in [5.74, 6) is 0.813. The van der Waals surface area contributed by atoms with Gasteiger partial charge in [0.15, 0.2) is 5.76 Å². The molecule has 0 saturated heterocycles. The fourth-order valence-electron chi connectivity index (χ4n) is 3.01. The highest BCUT2D eigenvalue weighted by molar-refractivity contribution is 5.81.